The van der Waals surface area contributed by atoms with Crippen molar-refractivity contribution in [3.8, 4) is 5.75 Å². The maximum absolute atomic E-state index is 15.8. The number of benzene rings is 3. The number of hydrogen-bond acceptors (Lipinski definition) is 1. The maximum atomic E-state index is 15.8. The summed E-state index contributed by atoms with van der Waals surface area (Å²) in [4.78, 5) is 0. The van der Waals surface area contributed by atoms with E-state index in [0.717, 1.165) is 37.0 Å². The molecule has 1 unspecified atom stereocenters. The van der Waals surface area contributed by atoms with E-state index in [-0.39, 0.29) is 72.5 Å². The number of unbranched alkanes of at least 4 members (excludes halogenated alkanes) is 1. The summed E-state index contributed by atoms with van der Waals surface area (Å²) in [5.41, 5.74) is 1.51. The Morgan fingerprint density at radius 1 is 0.733 bits per heavy atom. The van der Waals surface area contributed by atoms with Gasteiger partial charge in [0.25, 0.3) is 0 Å². The number of fused-ring (bicyclic) bond motifs is 1. The minimum absolute atomic E-state index is 0.0289. The predicted octanol–water partition coefficient (Wildman–Crippen LogP) is 10.9. The van der Waals surface area contributed by atoms with E-state index in [1.54, 1.807) is 12.1 Å². The highest BCUT2D eigenvalue weighted by molar-refractivity contribution is 5.41. The summed E-state index contributed by atoms with van der Waals surface area (Å²) in [5, 5.41) is 0. The molecule has 1 nitrogen and oxygen atoms in total. The molecule has 2 aliphatic rings. The Bertz CT molecular complexity index is 1500. The van der Waals surface area contributed by atoms with E-state index in [2.05, 4.69) is 11.7 Å². The van der Waals surface area contributed by atoms with Gasteiger partial charge in [0, 0.05) is 5.56 Å². The summed E-state index contributed by atoms with van der Waals surface area (Å²) in [7, 11) is 0. The molecule has 1 fully saturated rings. The molecule has 0 amide bonds. The van der Waals surface area contributed by atoms with E-state index in [4.69, 9.17) is 0 Å². The van der Waals surface area contributed by atoms with E-state index < -0.39 is 53.0 Å². The molecule has 3 aromatic carbocycles. The number of halogens is 9. The number of ether oxygens (including phenoxy) is 1. The molecule has 0 aliphatic heterocycles. The van der Waals surface area contributed by atoms with Crippen LogP contribution in [-0.4, -0.2) is 6.36 Å². The molecule has 244 valence electrons. The summed E-state index contributed by atoms with van der Waals surface area (Å²) in [6.07, 6.45) is 0.388. The van der Waals surface area contributed by atoms with Crippen LogP contribution in [-0.2, 0) is 25.7 Å². The lowest BCUT2D eigenvalue weighted by Gasteiger charge is -2.32. The lowest BCUT2D eigenvalue weighted by molar-refractivity contribution is -0.276. The SMILES string of the molecule is CCCCc1ccc(CCC2CCc3c(F)c(C4CCC(c5cc(F)c(OC(F)(F)F)c(F)c5)CC4)c(F)c(F)c3C2)c(F)c1. The normalized spacial score (nSPS) is 20.3. The Morgan fingerprint density at radius 2 is 1.40 bits per heavy atom. The van der Waals surface area contributed by atoms with Crippen LogP contribution in [0.3, 0.4) is 0 Å². The van der Waals surface area contributed by atoms with Crippen molar-refractivity contribution in [1.29, 1.82) is 0 Å². The van der Waals surface area contributed by atoms with Gasteiger partial charge in [-0.1, -0.05) is 25.5 Å². The molecule has 1 atom stereocenters. The molecular formula is C35H35F9O. The highest BCUT2D eigenvalue weighted by Gasteiger charge is 2.37. The van der Waals surface area contributed by atoms with Crippen molar-refractivity contribution in [2.75, 3.05) is 0 Å². The highest BCUT2D eigenvalue weighted by Crippen LogP contribution is 2.45. The van der Waals surface area contributed by atoms with Crippen LogP contribution in [0.4, 0.5) is 39.5 Å². The van der Waals surface area contributed by atoms with Gasteiger partial charge in [-0.25, -0.2) is 26.3 Å². The number of rotatable bonds is 9. The van der Waals surface area contributed by atoms with Crippen LogP contribution in [0.1, 0.15) is 104 Å². The third-order valence-corrected chi connectivity index (χ3v) is 9.46. The van der Waals surface area contributed by atoms with E-state index >= 15 is 13.2 Å². The first-order chi connectivity index (χ1) is 21.4. The van der Waals surface area contributed by atoms with E-state index in [1.807, 2.05) is 6.07 Å². The summed E-state index contributed by atoms with van der Waals surface area (Å²) >= 11 is 0. The molecule has 0 N–H and O–H groups in total. The topological polar surface area (TPSA) is 9.23 Å². The van der Waals surface area contributed by atoms with Gasteiger partial charge in [-0.15, -0.1) is 13.2 Å². The van der Waals surface area contributed by atoms with Crippen LogP contribution < -0.4 is 4.74 Å². The van der Waals surface area contributed by atoms with Crippen molar-refractivity contribution >= 4 is 0 Å². The third kappa shape index (κ3) is 7.46. The fourth-order valence-electron chi connectivity index (χ4n) is 7.03. The van der Waals surface area contributed by atoms with E-state index in [0.29, 0.717) is 24.8 Å². The third-order valence-electron chi connectivity index (χ3n) is 9.46. The summed E-state index contributed by atoms with van der Waals surface area (Å²) in [6.45, 7) is 2.07. The Labute approximate surface area is 256 Å². The van der Waals surface area contributed by atoms with Crippen molar-refractivity contribution in [1.82, 2.24) is 0 Å². The monoisotopic (exact) mass is 642 g/mol. The van der Waals surface area contributed by atoms with Gasteiger partial charge >= 0.3 is 6.36 Å². The van der Waals surface area contributed by atoms with Crippen molar-refractivity contribution < 1.29 is 44.3 Å². The molecule has 2 aliphatic carbocycles. The maximum Gasteiger partial charge on any atom is 0.573 e. The predicted molar refractivity (Wildman–Crippen MR) is 152 cm³/mol. The highest BCUT2D eigenvalue weighted by atomic mass is 19.4. The first kappa shape index (κ1) is 33.2. The van der Waals surface area contributed by atoms with Crippen LogP contribution >= 0.6 is 0 Å². The van der Waals surface area contributed by atoms with Crippen molar-refractivity contribution in [3.05, 3.63) is 98.6 Å². The minimum Gasteiger partial charge on any atom is -0.399 e. The largest absolute Gasteiger partial charge is 0.573 e. The van der Waals surface area contributed by atoms with Crippen LogP contribution in [0.15, 0.2) is 30.3 Å². The van der Waals surface area contributed by atoms with Gasteiger partial charge in [0.2, 0.25) is 5.75 Å². The Balaban J connectivity index is 1.25. The molecule has 10 heteroatoms. The van der Waals surface area contributed by atoms with Gasteiger partial charge in [0.1, 0.15) is 11.6 Å². The summed E-state index contributed by atoms with van der Waals surface area (Å²) in [5.74, 6) is -9.04. The summed E-state index contributed by atoms with van der Waals surface area (Å²) < 4.78 is 131. The molecule has 5 rings (SSSR count). The Kier molecular flexibility index (Phi) is 10.1. The van der Waals surface area contributed by atoms with Gasteiger partial charge in [-0.2, -0.15) is 0 Å². The first-order valence-electron chi connectivity index (χ1n) is 15.6. The van der Waals surface area contributed by atoms with Gasteiger partial charge in [-0.3, -0.25) is 0 Å². The average Bonchev–Trinajstić information content (AvgIpc) is 3.00. The number of hydrogen-bond donors (Lipinski definition) is 0. The van der Waals surface area contributed by atoms with Gasteiger partial charge in [0.15, 0.2) is 23.3 Å². The van der Waals surface area contributed by atoms with Crippen molar-refractivity contribution in [3.63, 3.8) is 0 Å². The zero-order valence-electron chi connectivity index (χ0n) is 24.9. The minimum atomic E-state index is -5.26. The second-order valence-electron chi connectivity index (χ2n) is 12.4. The molecule has 0 bridgehead atoms. The lowest BCUT2D eigenvalue weighted by Crippen LogP contribution is -2.23. The average molecular weight is 643 g/mol. The zero-order valence-corrected chi connectivity index (χ0v) is 24.9. The Morgan fingerprint density at radius 3 is 2.02 bits per heavy atom. The van der Waals surface area contributed by atoms with Crippen LogP contribution in [0.2, 0.25) is 0 Å². The van der Waals surface area contributed by atoms with Gasteiger partial charge < -0.3 is 4.74 Å². The second kappa shape index (κ2) is 13.7. The van der Waals surface area contributed by atoms with E-state index in [9.17, 15) is 26.3 Å². The zero-order chi connectivity index (χ0) is 32.5. The lowest BCUT2D eigenvalue weighted by atomic mass is 9.73. The fourth-order valence-corrected chi connectivity index (χ4v) is 7.03. The quantitative estimate of drug-likeness (QED) is 0.167. The smallest absolute Gasteiger partial charge is 0.399 e. The standard InChI is InChI=1S/C35H35F9O/c1-2-3-4-19-5-8-22(27(36)16-19)9-6-20-7-14-25-26(15-20)32(40)33(41)30(31(25)39)23-12-10-21(11-13-23)24-17-28(37)34(29(38)18-24)45-35(42,43)44/h5,8,16-18,20-21,23H,2-4,6-7,9-15H2,1H3. The molecule has 0 spiro atoms. The number of alkyl halides is 3. The molecule has 0 saturated heterocycles. The van der Waals surface area contributed by atoms with Gasteiger partial charge in [-0.05, 0) is 134 Å². The van der Waals surface area contributed by atoms with Crippen molar-refractivity contribution in [2.24, 2.45) is 5.92 Å². The molecule has 1 saturated carbocycles. The molecule has 0 heterocycles. The molecule has 0 aromatic heterocycles. The molecule has 0 radical (unpaired) electrons. The molecule has 3 aromatic rings. The van der Waals surface area contributed by atoms with Crippen LogP contribution in [0, 0.1) is 40.8 Å². The number of aryl methyl sites for hydroxylation is 2. The van der Waals surface area contributed by atoms with Crippen LogP contribution in [0.5, 0.6) is 5.75 Å². The Hall–Kier alpha value is -3.17. The van der Waals surface area contributed by atoms with Crippen LogP contribution in [0.25, 0.3) is 0 Å². The van der Waals surface area contributed by atoms with Crippen molar-refractivity contribution in [2.45, 2.75) is 102 Å². The first-order valence-corrected chi connectivity index (χ1v) is 15.6. The summed E-state index contributed by atoms with van der Waals surface area (Å²) in [6, 6.07) is 6.82. The molecular weight excluding hydrogens is 607 g/mol. The van der Waals surface area contributed by atoms with Gasteiger partial charge in [0.05, 0.1) is 0 Å². The molecule has 45 heavy (non-hydrogen) atoms. The fraction of sp³-hybridized carbons (Fsp3) is 0.486. The second-order valence-corrected chi connectivity index (χ2v) is 12.4. The van der Waals surface area contributed by atoms with E-state index in [1.165, 1.54) is 0 Å².